The fourth-order valence-corrected chi connectivity index (χ4v) is 2.35. The van der Waals surface area contributed by atoms with Crippen molar-refractivity contribution in [1.29, 1.82) is 0 Å². The summed E-state index contributed by atoms with van der Waals surface area (Å²) in [4.78, 5) is 24.3. The van der Waals surface area contributed by atoms with Crippen molar-refractivity contribution in [2.75, 3.05) is 18.7 Å². The lowest BCUT2D eigenvalue weighted by Crippen LogP contribution is -2.27. The Kier molecular flexibility index (Phi) is 4.88. The van der Waals surface area contributed by atoms with Gasteiger partial charge < -0.3 is 20.1 Å². The van der Waals surface area contributed by atoms with Gasteiger partial charge in [0.05, 0.1) is 0 Å². The van der Waals surface area contributed by atoms with Crippen molar-refractivity contribution >= 4 is 17.5 Å². The Hall–Kier alpha value is -3.02. The highest BCUT2D eigenvalue weighted by molar-refractivity contribution is 6.05. The maximum Gasteiger partial charge on any atom is 0.255 e. The Bertz CT molecular complexity index is 785. The first-order chi connectivity index (χ1) is 12.0. The van der Waals surface area contributed by atoms with Gasteiger partial charge in [-0.1, -0.05) is 13.8 Å². The predicted octanol–water partition coefficient (Wildman–Crippen LogP) is 3.05. The molecule has 0 bridgehead atoms. The van der Waals surface area contributed by atoms with E-state index in [9.17, 15) is 9.59 Å². The van der Waals surface area contributed by atoms with Crippen LogP contribution >= 0.6 is 0 Å². The van der Waals surface area contributed by atoms with E-state index >= 15 is 0 Å². The second-order valence-electron chi connectivity index (χ2n) is 6.20. The normalized spacial score (nSPS) is 12.1. The van der Waals surface area contributed by atoms with Gasteiger partial charge >= 0.3 is 0 Å². The van der Waals surface area contributed by atoms with Gasteiger partial charge in [0.2, 0.25) is 6.79 Å². The molecule has 1 heterocycles. The smallest absolute Gasteiger partial charge is 0.255 e. The second kappa shape index (κ2) is 7.25. The van der Waals surface area contributed by atoms with E-state index < -0.39 is 0 Å². The molecule has 0 atom stereocenters. The summed E-state index contributed by atoms with van der Waals surface area (Å²) in [7, 11) is 0. The minimum absolute atomic E-state index is 0.142. The van der Waals surface area contributed by atoms with Gasteiger partial charge in [-0.2, -0.15) is 0 Å². The Morgan fingerprint density at radius 3 is 2.28 bits per heavy atom. The number of carbonyl (C=O) groups is 2. The summed E-state index contributed by atoms with van der Waals surface area (Å²) in [5.41, 5.74) is 1.62. The van der Waals surface area contributed by atoms with Crippen molar-refractivity contribution in [2.45, 2.75) is 13.8 Å². The average Bonchev–Trinajstić information content (AvgIpc) is 3.07. The monoisotopic (exact) mass is 340 g/mol. The van der Waals surface area contributed by atoms with Gasteiger partial charge in [0.15, 0.2) is 11.5 Å². The molecule has 6 nitrogen and oxygen atoms in total. The van der Waals surface area contributed by atoms with Crippen LogP contribution in [0.3, 0.4) is 0 Å². The van der Waals surface area contributed by atoms with E-state index in [-0.39, 0.29) is 18.6 Å². The first kappa shape index (κ1) is 16.8. The van der Waals surface area contributed by atoms with Crippen LogP contribution in [0.25, 0.3) is 0 Å². The molecule has 130 valence electrons. The molecule has 0 fully saturated rings. The Balaban J connectivity index is 1.63. The lowest BCUT2D eigenvalue weighted by molar-refractivity contribution is 0.0947. The zero-order valence-corrected chi connectivity index (χ0v) is 14.2. The van der Waals surface area contributed by atoms with Crippen molar-refractivity contribution in [1.82, 2.24) is 5.32 Å². The average molecular weight is 340 g/mol. The fraction of sp³-hybridized carbons (Fsp3) is 0.263. The summed E-state index contributed by atoms with van der Waals surface area (Å²) in [6.07, 6.45) is 0. The minimum atomic E-state index is -0.256. The molecule has 0 unspecified atom stereocenters. The number of hydrogen-bond donors (Lipinski definition) is 2. The molecule has 0 saturated heterocycles. The van der Waals surface area contributed by atoms with Gasteiger partial charge in [0, 0.05) is 29.4 Å². The highest BCUT2D eigenvalue weighted by Gasteiger charge is 2.15. The highest BCUT2D eigenvalue weighted by Crippen LogP contribution is 2.34. The summed E-state index contributed by atoms with van der Waals surface area (Å²) >= 11 is 0. The van der Waals surface area contributed by atoms with Crippen molar-refractivity contribution in [3.8, 4) is 11.5 Å². The summed E-state index contributed by atoms with van der Waals surface area (Å²) in [6.45, 7) is 4.87. The maximum absolute atomic E-state index is 12.3. The van der Waals surface area contributed by atoms with E-state index in [1.165, 1.54) is 0 Å². The summed E-state index contributed by atoms with van der Waals surface area (Å²) in [5, 5.41) is 5.65. The van der Waals surface area contributed by atoms with Crippen LogP contribution in [0.5, 0.6) is 11.5 Å². The number of carbonyl (C=O) groups excluding carboxylic acids is 2. The zero-order chi connectivity index (χ0) is 17.8. The largest absolute Gasteiger partial charge is 0.454 e. The molecule has 1 aliphatic rings. The van der Waals surface area contributed by atoms with Crippen LogP contribution < -0.4 is 20.1 Å². The molecule has 3 rings (SSSR count). The van der Waals surface area contributed by atoms with Gasteiger partial charge in [-0.05, 0) is 42.3 Å². The van der Waals surface area contributed by atoms with Crippen LogP contribution in [0, 0.1) is 5.92 Å². The number of amides is 2. The zero-order valence-electron chi connectivity index (χ0n) is 14.2. The predicted molar refractivity (Wildman–Crippen MR) is 94.1 cm³/mol. The van der Waals surface area contributed by atoms with Crippen molar-refractivity contribution in [3.05, 3.63) is 53.6 Å². The molecule has 0 spiro atoms. The minimum Gasteiger partial charge on any atom is -0.454 e. The second-order valence-corrected chi connectivity index (χ2v) is 6.20. The van der Waals surface area contributed by atoms with Gasteiger partial charge in [-0.15, -0.1) is 0 Å². The maximum atomic E-state index is 12.3. The molecule has 2 aromatic carbocycles. The van der Waals surface area contributed by atoms with E-state index in [4.69, 9.17) is 9.47 Å². The van der Waals surface area contributed by atoms with Crippen LogP contribution in [0.4, 0.5) is 5.69 Å². The SMILES string of the molecule is CC(C)CNC(=O)c1ccc(C(=O)Nc2ccc3c(c2)OCO3)cc1. The number of nitrogens with one attached hydrogen (secondary N) is 2. The molecule has 0 aromatic heterocycles. The standard InChI is InChI=1S/C19H20N2O4/c1-12(2)10-20-18(22)13-3-5-14(6-4-13)19(23)21-15-7-8-16-17(9-15)25-11-24-16/h3-9,12H,10-11H2,1-2H3,(H,20,22)(H,21,23). The third-order valence-electron chi connectivity index (χ3n) is 3.71. The quantitative estimate of drug-likeness (QED) is 0.877. The number of rotatable bonds is 5. The molecule has 2 N–H and O–H groups in total. The third kappa shape index (κ3) is 4.09. The summed E-state index contributed by atoms with van der Waals surface area (Å²) in [5.74, 6) is 1.25. The van der Waals surface area contributed by atoms with Gasteiger partial charge in [0.25, 0.3) is 11.8 Å². The molecule has 1 aliphatic heterocycles. The number of fused-ring (bicyclic) bond motifs is 1. The van der Waals surface area contributed by atoms with Crippen LogP contribution in [-0.4, -0.2) is 25.2 Å². The fourth-order valence-electron chi connectivity index (χ4n) is 2.35. The van der Waals surface area contributed by atoms with Crippen molar-refractivity contribution < 1.29 is 19.1 Å². The molecule has 25 heavy (non-hydrogen) atoms. The summed E-state index contributed by atoms with van der Waals surface area (Å²) in [6, 6.07) is 11.8. The van der Waals surface area contributed by atoms with E-state index in [1.54, 1.807) is 42.5 Å². The van der Waals surface area contributed by atoms with E-state index in [0.29, 0.717) is 40.8 Å². The van der Waals surface area contributed by atoms with Crippen LogP contribution in [0.1, 0.15) is 34.6 Å². The topological polar surface area (TPSA) is 76.7 Å². The first-order valence-electron chi connectivity index (χ1n) is 8.12. The lowest BCUT2D eigenvalue weighted by atomic mass is 10.1. The number of anilines is 1. The Morgan fingerprint density at radius 2 is 1.60 bits per heavy atom. The molecule has 2 amide bonds. The Labute approximate surface area is 146 Å². The van der Waals surface area contributed by atoms with Gasteiger partial charge in [0.1, 0.15) is 0 Å². The van der Waals surface area contributed by atoms with Crippen LogP contribution in [-0.2, 0) is 0 Å². The van der Waals surface area contributed by atoms with Crippen LogP contribution in [0.15, 0.2) is 42.5 Å². The third-order valence-corrected chi connectivity index (χ3v) is 3.71. The molecule has 2 aromatic rings. The molecule has 6 heteroatoms. The van der Waals surface area contributed by atoms with Gasteiger partial charge in [-0.3, -0.25) is 9.59 Å². The van der Waals surface area contributed by atoms with Crippen molar-refractivity contribution in [2.24, 2.45) is 5.92 Å². The molecule has 0 radical (unpaired) electrons. The number of hydrogen-bond acceptors (Lipinski definition) is 4. The van der Waals surface area contributed by atoms with Crippen molar-refractivity contribution in [3.63, 3.8) is 0 Å². The number of ether oxygens (including phenoxy) is 2. The van der Waals surface area contributed by atoms with Gasteiger partial charge in [-0.25, -0.2) is 0 Å². The van der Waals surface area contributed by atoms with Crippen LogP contribution in [0.2, 0.25) is 0 Å². The highest BCUT2D eigenvalue weighted by atomic mass is 16.7. The molecular weight excluding hydrogens is 320 g/mol. The Morgan fingerprint density at radius 1 is 0.960 bits per heavy atom. The van der Waals surface area contributed by atoms with E-state index in [1.807, 2.05) is 13.8 Å². The molecule has 0 saturated carbocycles. The molecular formula is C19H20N2O4. The number of benzene rings is 2. The van der Waals surface area contributed by atoms with E-state index in [2.05, 4.69) is 10.6 Å². The first-order valence-corrected chi connectivity index (χ1v) is 8.12. The summed E-state index contributed by atoms with van der Waals surface area (Å²) < 4.78 is 10.5. The van der Waals surface area contributed by atoms with E-state index in [0.717, 1.165) is 0 Å². The molecule has 0 aliphatic carbocycles. The lowest BCUT2D eigenvalue weighted by Gasteiger charge is -2.09.